The van der Waals surface area contributed by atoms with E-state index in [9.17, 15) is 13.0 Å². The Kier molecular flexibility index (Phi) is 9.04. The van der Waals surface area contributed by atoms with Gasteiger partial charge in [-0.3, -0.25) is 0 Å². The number of halogens is 1. The minimum absolute atomic E-state index is 0.0663. The highest BCUT2D eigenvalue weighted by molar-refractivity contribution is 7.85. The van der Waals surface area contributed by atoms with E-state index in [0.717, 1.165) is 12.0 Å². The van der Waals surface area contributed by atoms with Crippen LogP contribution < -0.4 is 21.2 Å². The predicted octanol–water partition coefficient (Wildman–Crippen LogP) is 0.851. The Morgan fingerprint density at radius 2 is 1.62 bits per heavy atom. The zero-order valence-corrected chi connectivity index (χ0v) is 17.0. The summed E-state index contributed by atoms with van der Waals surface area (Å²) in [5, 5.41) is 0. The average molecular weight is 456 g/mol. The van der Waals surface area contributed by atoms with Crippen molar-refractivity contribution in [1.29, 1.82) is 0 Å². The molecule has 0 heterocycles. The van der Waals surface area contributed by atoms with E-state index in [2.05, 4.69) is 54.0 Å². The quantitative estimate of drug-likeness (QED) is 0.391. The molecule has 2 rings (SSSR count). The van der Waals surface area contributed by atoms with Crippen molar-refractivity contribution in [3.05, 3.63) is 63.7 Å². The highest BCUT2D eigenvalue weighted by atomic mass is 127. The van der Waals surface area contributed by atoms with Gasteiger partial charge in [-0.2, -0.15) is 0 Å². The molecule has 0 aliphatic rings. The van der Waals surface area contributed by atoms with Gasteiger partial charge in [-0.05, 0) is 43.0 Å². The summed E-state index contributed by atoms with van der Waals surface area (Å²) in [6, 6.07) is 16.3. The minimum Gasteiger partial charge on any atom is -0.744 e. The molecule has 0 saturated carbocycles. The first kappa shape index (κ1) is 20.7. The molecular weight excluding hydrogens is 435 g/mol. The van der Waals surface area contributed by atoms with Gasteiger partial charge in [-0.1, -0.05) is 49.7 Å². The van der Waals surface area contributed by atoms with Crippen LogP contribution >= 0.6 is 0 Å². The van der Waals surface area contributed by atoms with E-state index in [-0.39, 0.29) is 26.1 Å². The summed E-state index contributed by atoms with van der Waals surface area (Å²) in [4.78, 5) is -0.178. The molecule has 3 nitrogen and oxygen atoms in total. The monoisotopic (exact) mass is 456 g/mol. The lowest BCUT2D eigenvalue weighted by Gasteiger charge is -2.05. The van der Waals surface area contributed by atoms with Gasteiger partial charge in [0, 0.05) is 6.42 Å². The second-order valence-corrected chi connectivity index (χ2v) is 9.23. The van der Waals surface area contributed by atoms with E-state index in [1.165, 1.54) is 15.7 Å². The fourth-order valence-corrected chi connectivity index (χ4v) is 3.48. The Hall–Kier alpha value is -1.36. The molecule has 2 aromatic carbocycles. The SMILES string of the molecule is CC(C)CC#C[I+]c1ccccc1.Cc1ccc(S(=O)(=O)[O-])cc1. The van der Waals surface area contributed by atoms with Crippen molar-refractivity contribution in [2.24, 2.45) is 5.92 Å². The standard InChI is InChI=1S/C12H14I.C7H8O3S/c1-11(2)7-6-10-13-12-8-4-3-5-9-12;1-6-2-4-7(5-3-6)11(8,9)10/h3-5,8-9,11H,7H2,1-2H3;2-5H,1H3,(H,8,9,10)/q+1;/p-1. The van der Waals surface area contributed by atoms with E-state index >= 15 is 0 Å². The first-order chi connectivity index (χ1) is 11.3. The van der Waals surface area contributed by atoms with Crippen LogP contribution in [0.5, 0.6) is 0 Å². The Bertz CT molecular complexity index is 771. The Balaban J connectivity index is 0.000000243. The van der Waals surface area contributed by atoms with Gasteiger partial charge < -0.3 is 4.55 Å². The van der Waals surface area contributed by atoms with Crippen molar-refractivity contribution in [3.8, 4) is 9.85 Å². The summed E-state index contributed by atoms with van der Waals surface area (Å²) < 4.78 is 35.9. The molecule has 128 valence electrons. The lowest BCUT2D eigenvalue weighted by atomic mass is 10.1. The van der Waals surface area contributed by atoms with Crippen LogP contribution in [-0.4, -0.2) is 13.0 Å². The van der Waals surface area contributed by atoms with Gasteiger partial charge in [-0.15, -0.1) is 0 Å². The molecule has 0 atom stereocenters. The molecule has 0 radical (unpaired) electrons. The predicted molar refractivity (Wildman–Crippen MR) is 91.5 cm³/mol. The Labute approximate surface area is 155 Å². The van der Waals surface area contributed by atoms with Crippen LogP contribution in [0.15, 0.2) is 59.5 Å². The number of rotatable bonds is 3. The van der Waals surface area contributed by atoms with Crippen molar-refractivity contribution >= 4 is 10.1 Å². The largest absolute Gasteiger partial charge is 0.744 e. The molecule has 0 fully saturated rings. The van der Waals surface area contributed by atoms with Crippen molar-refractivity contribution in [1.82, 2.24) is 0 Å². The summed E-state index contributed by atoms with van der Waals surface area (Å²) >= 11 is -0.0663. The van der Waals surface area contributed by atoms with Crippen molar-refractivity contribution < 1.29 is 34.2 Å². The van der Waals surface area contributed by atoms with E-state index in [4.69, 9.17) is 0 Å². The van der Waals surface area contributed by atoms with E-state index in [1.54, 1.807) is 12.1 Å². The molecule has 0 aromatic heterocycles. The maximum Gasteiger partial charge on any atom is 0.419 e. The molecule has 0 aliphatic heterocycles. The second-order valence-electron chi connectivity index (χ2n) is 5.53. The van der Waals surface area contributed by atoms with Crippen LogP contribution in [0.3, 0.4) is 0 Å². The summed E-state index contributed by atoms with van der Waals surface area (Å²) in [6.45, 7) is 6.23. The van der Waals surface area contributed by atoms with Crippen LogP contribution in [-0.2, 0) is 10.1 Å². The van der Waals surface area contributed by atoms with Gasteiger partial charge in [0.05, 0.1) is 4.90 Å². The van der Waals surface area contributed by atoms with Gasteiger partial charge in [-0.25, -0.2) is 8.42 Å². The molecule has 0 amide bonds. The molecule has 0 bridgehead atoms. The Morgan fingerprint density at radius 1 is 1.04 bits per heavy atom. The maximum absolute atomic E-state index is 10.4. The molecular formula is C19H21IO3S. The lowest BCUT2D eigenvalue weighted by molar-refractivity contribution is -0.535. The Morgan fingerprint density at radius 3 is 2.12 bits per heavy atom. The fourth-order valence-electron chi connectivity index (χ4n) is 1.51. The zero-order valence-electron chi connectivity index (χ0n) is 14.0. The third-order valence-corrected chi connectivity index (χ3v) is 5.62. The van der Waals surface area contributed by atoms with Gasteiger partial charge in [0.25, 0.3) is 0 Å². The average Bonchev–Trinajstić information content (AvgIpc) is 2.53. The van der Waals surface area contributed by atoms with Crippen LogP contribution in [0.2, 0.25) is 0 Å². The maximum atomic E-state index is 10.4. The fraction of sp³-hybridized carbons (Fsp3) is 0.263. The van der Waals surface area contributed by atoms with Gasteiger partial charge >= 0.3 is 21.2 Å². The number of hydrogen-bond donors (Lipinski definition) is 0. The first-order valence-corrected chi connectivity index (χ1v) is 11.0. The molecule has 2 aromatic rings. The minimum atomic E-state index is -4.27. The highest BCUT2D eigenvalue weighted by Gasteiger charge is 2.05. The summed E-state index contributed by atoms with van der Waals surface area (Å²) in [5.74, 6) is 3.93. The van der Waals surface area contributed by atoms with Crippen LogP contribution in [0.25, 0.3) is 0 Å². The van der Waals surface area contributed by atoms with E-state index in [1.807, 2.05) is 6.92 Å². The summed E-state index contributed by atoms with van der Waals surface area (Å²) in [5.41, 5.74) is 0.928. The molecule has 0 saturated heterocycles. The molecule has 0 aliphatic carbocycles. The van der Waals surface area contributed by atoms with Crippen molar-refractivity contribution in [3.63, 3.8) is 0 Å². The second kappa shape index (κ2) is 10.5. The molecule has 0 N–H and O–H groups in total. The van der Waals surface area contributed by atoms with Crippen molar-refractivity contribution in [2.75, 3.05) is 0 Å². The topological polar surface area (TPSA) is 57.2 Å². The number of hydrogen-bond acceptors (Lipinski definition) is 3. The number of benzene rings is 2. The van der Waals surface area contributed by atoms with Gasteiger partial charge in [0.2, 0.25) is 3.57 Å². The molecule has 0 spiro atoms. The van der Waals surface area contributed by atoms with Gasteiger partial charge in [0.1, 0.15) is 10.1 Å². The smallest absolute Gasteiger partial charge is 0.419 e. The summed E-state index contributed by atoms with van der Waals surface area (Å²) in [6.07, 6.45) is 1.03. The molecule has 24 heavy (non-hydrogen) atoms. The van der Waals surface area contributed by atoms with E-state index in [0.29, 0.717) is 5.92 Å². The highest BCUT2D eigenvalue weighted by Crippen LogP contribution is 2.08. The normalized spacial score (nSPS) is 10.4. The van der Waals surface area contributed by atoms with Crippen LogP contribution in [0.1, 0.15) is 25.8 Å². The molecule has 0 unspecified atom stereocenters. The van der Waals surface area contributed by atoms with Crippen LogP contribution in [0, 0.1) is 26.3 Å². The molecule has 5 heteroatoms. The zero-order chi connectivity index (χ0) is 18.0. The first-order valence-electron chi connectivity index (χ1n) is 7.48. The summed E-state index contributed by atoms with van der Waals surface area (Å²) in [7, 11) is -4.27. The lowest BCUT2D eigenvalue weighted by Crippen LogP contribution is -3.59. The third kappa shape index (κ3) is 9.06. The number of aryl methyl sites for hydroxylation is 1. The van der Waals surface area contributed by atoms with E-state index < -0.39 is 10.1 Å². The van der Waals surface area contributed by atoms with Gasteiger partial charge in [0.15, 0.2) is 3.93 Å². The van der Waals surface area contributed by atoms with Crippen LogP contribution in [0.4, 0.5) is 0 Å². The third-order valence-electron chi connectivity index (χ3n) is 2.78. The van der Waals surface area contributed by atoms with Crippen molar-refractivity contribution in [2.45, 2.75) is 32.1 Å².